The van der Waals surface area contributed by atoms with Crippen LogP contribution in [-0.4, -0.2) is 30.0 Å². The van der Waals surface area contributed by atoms with Crippen LogP contribution < -0.4 is 15.4 Å². The van der Waals surface area contributed by atoms with Crippen molar-refractivity contribution in [2.24, 2.45) is 5.73 Å². The topological polar surface area (TPSA) is 88.1 Å². The number of rotatable bonds is 5. The number of amidine groups is 1. The van der Waals surface area contributed by atoms with Gasteiger partial charge < -0.3 is 15.4 Å². The minimum atomic E-state index is -0.0816. The van der Waals surface area contributed by atoms with Crippen LogP contribution in [0.5, 0.6) is 5.75 Å². The molecule has 0 unspecified atom stereocenters. The van der Waals surface area contributed by atoms with Crippen LogP contribution in [-0.2, 0) is 6.54 Å². The van der Waals surface area contributed by atoms with Crippen molar-refractivity contribution in [1.82, 2.24) is 9.97 Å². The molecule has 0 spiro atoms. The minimum Gasteiger partial charge on any atom is -0.497 e. The van der Waals surface area contributed by atoms with Crippen molar-refractivity contribution in [3.8, 4) is 5.75 Å². The van der Waals surface area contributed by atoms with Gasteiger partial charge in [0.2, 0.25) is 0 Å². The normalized spacial score (nSPS) is 10.1. The van der Waals surface area contributed by atoms with Gasteiger partial charge in [0.25, 0.3) is 0 Å². The molecule has 1 aromatic heterocycles. The van der Waals surface area contributed by atoms with Crippen molar-refractivity contribution in [2.75, 3.05) is 19.1 Å². The van der Waals surface area contributed by atoms with E-state index in [2.05, 4.69) is 9.97 Å². The third kappa shape index (κ3) is 3.23. The van der Waals surface area contributed by atoms with Crippen LogP contribution in [0.2, 0.25) is 0 Å². The summed E-state index contributed by atoms with van der Waals surface area (Å²) in [6.45, 7) is 0.706. The van der Waals surface area contributed by atoms with Crippen LogP contribution in [0.1, 0.15) is 11.3 Å². The van der Waals surface area contributed by atoms with Crippen molar-refractivity contribution in [3.63, 3.8) is 0 Å². The molecule has 0 bridgehead atoms. The number of nitrogens with one attached hydrogen (secondary N) is 1. The monoisotopic (exact) mass is 271 g/mol. The molecular formula is C14H17N5O. The van der Waals surface area contributed by atoms with E-state index >= 15 is 0 Å². The quantitative estimate of drug-likeness (QED) is 0.634. The predicted molar refractivity (Wildman–Crippen MR) is 78.1 cm³/mol. The van der Waals surface area contributed by atoms with E-state index in [-0.39, 0.29) is 5.84 Å². The molecule has 20 heavy (non-hydrogen) atoms. The number of hydrogen-bond acceptors (Lipinski definition) is 5. The smallest absolute Gasteiger partial charge is 0.147 e. The Balaban J connectivity index is 2.06. The summed E-state index contributed by atoms with van der Waals surface area (Å²) in [7, 11) is 3.58. The second-order valence-electron chi connectivity index (χ2n) is 4.38. The number of ether oxygens (including phenoxy) is 1. The van der Waals surface area contributed by atoms with Crippen molar-refractivity contribution < 1.29 is 4.74 Å². The molecule has 104 valence electrons. The third-order valence-electron chi connectivity index (χ3n) is 2.88. The van der Waals surface area contributed by atoms with Crippen molar-refractivity contribution in [3.05, 3.63) is 47.9 Å². The lowest BCUT2D eigenvalue weighted by Gasteiger charge is -2.18. The Bertz CT molecular complexity index is 580. The molecule has 1 heterocycles. The Kier molecular flexibility index (Phi) is 4.14. The summed E-state index contributed by atoms with van der Waals surface area (Å²) in [5, 5.41) is 7.28. The zero-order valence-electron chi connectivity index (χ0n) is 11.5. The number of aromatic nitrogens is 2. The highest BCUT2D eigenvalue weighted by Gasteiger charge is 2.06. The molecule has 0 saturated carbocycles. The number of hydrogen-bond donors (Lipinski definition) is 2. The number of nitrogen functional groups attached to an aromatic ring is 1. The van der Waals surface area contributed by atoms with Crippen LogP contribution in [0, 0.1) is 5.41 Å². The highest BCUT2D eigenvalue weighted by molar-refractivity contribution is 5.92. The first-order valence-corrected chi connectivity index (χ1v) is 6.10. The van der Waals surface area contributed by atoms with E-state index in [9.17, 15) is 0 Å². The maximum absolute atomic E-state index is 7.28. The predicted octanol–water partition coefficient (Wildman–Crippen LogP) is 1.41. The van der Waals surface area contributed by atoms with Gasteiger partial charge in [-0.25, -0.2) is 9.97 Å². The largest absolute Gasteiger partial charge is 0.497 e. The Hall–Kier alpha value is -2.63. The molecule has 0 aliphatic carbocycles. The standard InChI is InChI=1S/C14H17N5O/c1-19(9-10-3-5-11(20-2)6-4-10)13-8-17-12(7-18-13)14(15)16/h3-8H,9H2,1-2H3,(H3,15,16). The van der Waals surface area contributed by atoms with E-state index in [1.54, 1.807) is 13.3 Å². The fourth-order valence-electron chi connectivity index (χ4n) is 1.74. The first-order chi connectivity index (χ1) is 9.60. The summed E-state index contributed by atoms with van der Waals surface area (Å²) in [5.74, 6) is 1.48. The van der Waals surface area contributed by atoms with Crippen molar-refractivity contribution in [2.45, 2.75) is 6.54 Å². The minimum absolute atomic E-state index is 0.0816. The van der Waals surface area contributed by atoms with Gasteiger partial charge in [0.05, 0.1) is 19.5 Å². The molecule has 0 fully saturated rings. The number of nitrogens with zero attached hydrogens (tertiary/aromatic N) is 3. The van der Waals surface area contributed by atoms with E-state index in [1.165, 1.54) is 6.20 Å². The van der Waals surface area contributed by atoms with Crippen LogP contribution >= 0.6 is 0 Å². The Morgan fingerprint density at radius 2 is 1.95 bits per heavy atom. The van der Waals surface area contributed by atoms with Crippen LogP contribution in [0.15, 0.2) is 36.7 Å². The number of nitrogens with two attached hydrogens (primary N) is 1. The molecule has 2 aromatic rings. The lowest BCUT2D eigenvalue weighted by molar-refractivity contribution is 0.414. The van der Waals surface area contributed by atoms with Gasteiger partial charge in [-0.3, -0.25) is 5.41 Å². The average Bonchev–Trinajstić information content (AvgIpc) is 2.48. The third-order valence-corrected chi connectivity index (χ3v) is 2.88. The molecule has 1 aromatic carbocycles. The first kappa shape index (κ1) is 13.8. The second kappa shape index (κ2) is 6.01. The Labute approximate surface area is 117 Å². The summed E-state index contributed by atoms with van der Waals surface area (Å²) >= 11 is 0. The van der Waals surface area contributed by atoms with Gasteiger partial charge in [0.1, 0.15) is 23.1 Å². The van der Waals surface area contributed by atoms with E-state index in [1.807, 2.05) is 36.2 Å². The summed E-state index contributed by atoms with van der Waals surface area (Å²) in [4.78, 5) is 10.3. The fourth-order valence-corrected chi connectivity index (χ4v) is 1.74. The van der Waals surface area contributed by atoms with Crippen molar-refractivity contribution >= 4 is 11.7 Å². The molecule has 0 radical (unpaired) electrons. The van der Waals surface area contributed by atoms with Gasteiger partial charge in [0, 0.05) is 13.6 Å². The SMILES string of the molecule is COc1ccc(CN(C)c2cnc(C(=N)N)cn2)cc1. The lowest BCUT2D eigenvalue weighted by Crippen LogP contribution is -2.19. The summed E-state index contributed by atoms with van der Waals surface area (Å²) < 4.78 is 5.13. The fraction of sp³-hybridized carbons (Fsp3) is 0.214. The lowest BCUT2D eigenvalue weighted by atomic mass is 10.2. The zero-order valence-corrected chi connectivity index (χ0v) is 11.5. The maximum Gasteiger partial charge on any atom is 0.147 e. The molecular weight excluding hydrogens is 254 g/mol. The van der Waals surface area contributed by atoms with E-state index < -0.39 is 0 Å². The number of anilines is 1. The van der Waals surface area contributed by atoms with Crippen LogP contribution in [0.4, 0.5) is 5.82 Å². The maximum atomic E-state index is 7.28. The van der Waals surface area contributed by atoms with Crippen LogP contribution in [0.3, 0.4) is 0 Å². The first-order valence-electron chi connectivity index (χ1n) is 6.10. The molecule has 0 aliphatic rings. The summed E-state index contributed by atoms with van der Waals surface area (Å²) in [5.41, 5.74) is 6.87. The highest BCUT2D eigenvalue weighted by atomic mass is 16.5. The zero-order chi connectivity index (χ0) is 14.5. The van der Waals surface area contributed by atoms with Gasteiger partial charge in [-0.05, 0) is 17.7 Å². The van der Waals surface area contributed by atoms with Gasteiger partial charge >= 0.3 is 0 Å². The molecule has 2 rings (SSSR count). The van der Waals surface area contributed by atoms with Gasteiger partial charge in [-0.1, -0.05) is 12.1 Å². The van der Waals surface area contributed by atoms with Crippen molar-refractivity contribution in [1.29, 1.82) is 5.41 Å². The summed E-state index contributed by atoms with van der Waals surface area (Å²) in [6, 6.07) is 7.86. The van der Waals surface area contributed by atoms with E-state index in [0.717, 1.165) is 17.1 Å². The average molecular weight is 271 g/mol. The highest BCUT2D eigenvalue weighted by Crippen LogP contribution is 2.15. The van der Waals surface area contributed by atoms with Gasteiger partial charge in [-0.15, -0.1) is 0 Å². The Morgan fingerprint density at radius 3 is 2.45 bits per heavy atom. The van der Waals surface area contributed by atoms with Gasteiger partial charge in [-0.2, -0.15) is 0 Å². The molecule has 0 atom stereocenters. The molecule has 0 amide bonds. The molecule has 6 heteroatoms. The second-order valence-corrected chi connectivity index (χ2v) is 4.38. The van der Waals surface area contributed by atoms with E-state index in [4.69, 9.17) is 15.9 Å². The molecule has 3 N–H and O–H groups in total. The number of methoxy groups -OCH3 is 1. The van der Waals surface area contributed by atoms with Crippen LogP contribution in [0.25, 0.3) is 0 Å². The van der Waals surface area contributed by atoms with E-state index in [0.29, 0.717) is 12.2 Å². The Morgan fingerprint density at radius 1 is 1.25 bits per heavy atom. The molecule has 0 saturated heterocycles. The number of benzene rings is 1. The molecule has 0 aliphatic heterocycles. The van der Waals surface area contributed by atoms with Gasteiger partial charge in [0.15, 0.2) is 0 Å². The molecule has 6 nitrogen and oxygen atoms in total. The summed E-state index contributed by atoms with van der Waals surface area (Å²) in [6.07, 6.45) is 3.11.